The van der Waals surface area contributed by atoms with E-state index < -0.39 is 0 Å². The second-order valence-electron chi connectivity index (χ2n) is 6.48. The second-order valence-corrected chi connectivity index (χ2v) is 7.54. The highest BCUT2D eigenvalue weighted by atomic mass is 32.1. The topological polar surface area (TPSA) is 54.7 Å². The summed E-state index contributed by atoms with van der Waals surface area (Å²) >= 11 is 1.60. The largest absolute Gasteiger partial charge is 0.338 e. The lowest BCUT2D eigenvalue weighted by Crippen LogP contribution is -2.36. The molecule has 1 fully saturated rings. The van der Waals surface area contributed by atoms with Gasteiger partial charge < -0.3 is 4.90 Å². The van der Waals surface area contributed by atoms with Gasteiger partial charge in [-0.1, -0.05) is 12.8 Å². The van der Waals surface area contributed by atoms with Gasteiger partial charge in [-0.05, 0) is 38.5 Å². The molecule has 1 aliphatic carbocycles. The number of aromatic nitrogens is 2. The molecule has 0 aromatic carbocycles. The first-order valence-electron chi connectivity index (χ1n) is 8.57. The van der Waals surface area contributed by atoms with Crippen LogP contribution < -0.4 is 5.56 Å². The summed E-state index contributed by atoms with van der Waals surface area (Å²) in [5, 5.41) is 0. The van der Waals surface area contributed by atoms with Gasteiger partial charge in [0.1, 0.15) is 5.56 Å². The van der Waals surface area contributed by atoms with E-state index in [2.05, 4.69) is 4.98 Å². The fourth-order valence-corrected chi connectivity index (χ4v) is 4.83. The third kappa shape index (κ3) is 2.59. The van der Waals surface area contributed by atoms with Crippen LogP contribution in [-0.4, -0.2) is 33.3 Å². The number of fused-ring (bicyclic) bond motifs is 3. The SMILES string of the molecule is O=C(c1cnc2sc3c(n2c1=O)CCCC3)N1CCCCCC1. The van der Waals surface area contributed by atoms with Crippen LogP contribution in [-0.2, 0) is 12.8 Å². The Morgan fingerprint density at radius 2 is 1.78 bits per heavy atom. The number of carbonyl (C=O) groups excluding carboxylic acids is 1. The Morgan fingerprint density at radius 3 is 2.57 bits per heavy atom. The first kappa shape index (κ1) is 14.9. The van der Waals surface area contributed by atoms with Crippen molar-refractivity contribution < 1.29 is 4.79 Å². The quantitative estimate of drug-likeness (QED) is 0.807. The van der Waals surface area contributed by atoms with Crippen LogP contribution in [0.2, 0.25) is 0 Å². The van der Waals surface area contributed by atoms with E-state index in [1.54, 1.807) is 15.7 Å². The molecule has 3 heterocycles. The minimum Gasteiger partial charge on any atom is -0.338 e. The summed E-state index contributed by atoms with van der Waals surface area (Å²) in [7, 11) is 0. The van der Waals surface area contributed by atoms with Crippen molar-refractivity contribution in [1.29, 1.82) is 0 Å². The standard InChI is InChI=1S/C17H21N3O2S/c21-15(19-9-5-1-2-6-10-19)12-11-18-17-20(16(12)22)13-7-3-4-8-14(13)23-17/h11H,1-10H2. The highest BCUT2D eigenvalue weighted by Crippen LogP contribution is 2.28. The molecule has 0 radical (unpaired) electrons. The molecule has 2 aromatic heterocycles. The Balaban J connectivity index is 1.77. The van der Waals surface area contributed by atoms with E-state index in [-0.39, 0.29) is 17.0 Å². The molecule has 0 unspecified atom stereocenters. The Kier molecular flexibility index (Phi) is 3.93. The Hall–Kier alpha value is -1.69. The molecule has 122 valence electrons. The highest BCUT2D eigenvalue weighted by molar-refractivity contribution is 7.17. The maximum absolute atomic E-state index is 12.9. The fourth-order valence-electron chi connectivity index (χ4n) is 3.66. The van der Waals surface area contributed by atoms with Crippen LogP contribution in [0.15, 0.2) is 11.0 Å². The van der Waals surface area contributed by atoms with E-state index in [1.807, 2.05) is 4.90 Å². The van der Waals surface area contributed by atoms with Crippen molar-refractivity contribution in [2.75, 3.05) is 13.1 Å². The zero-order valence-electron chi connectivity index (χ0n) is 13.2. The van der Waals surface area contributed by atoms with Crippen molar-refractivity contribution >= 4 is 22.2 Å². The Bertz CT molecular complexity index is 800. The number of rotatable bonds is 1. The van der Waals surface area contributed by atoms with Gasteiger partial charge in [0.2, 0.25) is 0 Å². The van der Waals surface area contributed by atoms with Gasteiger partial charge >= 0.3 is 0 Å². The molecule has 0 saturated carbocycles. The molecule has 5 nitrogen and oxygen atoms in total. The Labute approximate surface area is 139 Å². The number of thiazole rings is 1. The predicted octanol–water partition coefficient (Wildman–Crippen LogP) is 2.65. The van der Waals surface area contributed by atoms with Gasteiger partial charge in [-0.25, -0.2) is 4.98 Å². The fraction of sp³-hybridized carbons (Fsp3) is 0.588. The number of hydrogen-bond acceptors (Lipinski definition) is 4. The van der Waals surface area contributed by atoms with Gasteiger partial charge in [0.25, 0.3) is 11.5 Å². The summed E-state index contributed by atoms with van der Waals surface area (Å²) in [6, 6.07) is 0. The van der Waals surface area contributed by atoms with E-state index in [0.29, 0.717) is 0 Å². The number of amides is 1. The van der Waals surface area contributed by atoms with Gasteiger partial charge in [0.15, 0.2) is 4.96 Å². The van der Waals surface area contributed by atoms with Crippen molar-refractivity contribution in [3.8, 4) is 0 Å². The number of hydrogen-bond donors (Lipinski definition) is 0. The van der Waals surface area contributed by atoms with E-state index >= 15 is 0 Å². The normalized spacial score (nSPS) is 18.7. The smallest absolute Gasteiger partial charge is 0.271 e. The average molecular weight is 331 g/mol. The highest BCUT2D eigenvalue weighted by Gasteiger charge is 2.24. The lowest BCUT2D eigenvalue weighted by Gasteiger charge is -2.19. The molecular formula is C17H21N3O2S. The first-order chi connectivity index (χ1) is 11.3. The van der Waals surface area contributed by atoms with Crippen LogP contribution in [0.1, 0.15) is 59.5 Å². The van der Waals surface area contributed by atoms with Gasteiger partial charge in [-0.2, -0.15) is 0 Å². The predicted molar refractivity (Wildman–Crippen MR) is 90.4 cm³/mol. The maximum Gasteiger partial charge on any atom is 0.271 e. The average Bonchev–Trinajstić information content (AvgIpc) is 2.75. The monoisotopic (exact) mass is 331 g/mol. The lowest BCUT2D eigenvalue weighted by atomic mass is 10.0. The summed E-state index contributed by atoms with van der Waals surface area (Å²) in [6.45, 7) is 1.51. The molecule has 0 spiro atoms. The van der Waals surface area contributed by atoms with Crippen molar-refractivity contribution in [1.82, 2.24) is 14.3 Å². The number of carbonyl (C=O) groups is 1. The van der Waals surface area contributed by atoms with Crippen molar-refractivity contribution in [3.05, 3.63) is 32.7 Å². The van der Waals surface area contributed by atoms with Gasteiger partial charge in [-0.3, -0.25) is 14.0 Å². The summed E-state index contributed by atoms with van der Waals surface area (Å²) in [4.78, 5) is 33.9. The summed E-state index contributed by atoms with van der Waals surface area (Å²) in [5.74, 6) is -0.144. The molecule has 0 atom stereocenters. The second kappa shape index (κ2) is 6.07. The van der Waals surface area contributed by atoms with E-state index in [0.717, 1.165) is 68.7 Å². The van der Waals surface area contributed by atoms with E-state index in [4.69, 9.17) is 0 Å². The molecule has 23 heavy (non-hydrogen) atoms. The van der Waals surface area contributed by atoms with Crippen LogP contribution in [0.5, 0.6) is 0 Å². The van der Waals surface area contributed by atoms with Crippen molar-refractivity contribution in [3.63, 3.8) is 0 Å². The van der Waals surface area contributed by atoms with Gasteiger partial charge in [-0.15, -0.1) is 11.3 Å². The van der Waals surface area contributed by atoms with Crippen molar-refractivity contribution in [2.45, 2.75) is 51.4 Å². The molecule has 4 rings (SSSR count). The minimum atomic E-state index is -0.177. The molecule has 1 saturated heterocycles. The Morgan fingerprint density at radius 1 is 1.04 bits per heavy atom. The lowest BCUT2D eigenvalue weighted by molar-refractivity contribution is 0.0759. The van der Waals surface area contributed by atoms with Crippen LogP contribution in [0.4, 0.5) is 0 Å². The summed E-state index contributed by atoms with van der Waals surface area (Å²) < 4.78 is 1.70. The number of likely N-dealkylation sites (tertiary alicyclic amines) is 1. The van der Waals surface area contributed by atoms with Crippen LogP contribution in [0.3, 0.4) is 0 Å². The molecule has 6 heteroatoms. The van der Waals surface area contributed by atoms with Crippen LogP contribution >= 0.6 is 11.3 Å². The third-order valence-electron chi connectivity index (χ3n) is 4.93. The molecule has 0 bridgehead atoms. The first-order valence-corrected chi connectivity index (χ1v) is 9.39. The van der Waals surface area contributed by atoms with Gasteiger partial charge in [0, 0.05) is 29.9 Å². The van der Waals surface area contributed by atoms with E-state index in [9.17, 15) is 9.59 Å². The van der Waals surface area contributed by atoms with Crippen molar-refractivity contribution in [2.24, 2.45) is 0 Å². The molecule has 1 aliphatic heterocycles. The molecule has 1 amide bonds. The third-order valence-corrected chi connectivity index (χ3v) is 6.08. The summed E-state index contributed by atoms with van der Waals surface area (Å²) in [5.41, 5.74) is 1.14. The minimum absolute atomic E-state index is 0.144. The zero-order valence-corrected chi connectivity index (χ0v) is 14.0. The van der Waals surface area contributed by atoms with Crippen LogP contribution in [0.25, 0.3) is 4.96 Å². The van der Waals surface area contributed by atoms with Crippen LogP contribution in [0, 0.1) is 0 Å². The zero-order chi connectivity index (χ0) is 15.8. The van der Waals surface area contributed by atoms with E-state index in [1.165, 1.54) is 17.5 Å². The molecular weight excluding hydrogens is 310 g/mol. The summed E-state index contributed by atoms with van der Waals surface area (Å²) in [6.07, 6.45) is 10.1. The van der Waals surface area contributed by atoms with Gasteiger partial charge in [0.05, 0.1) is 0 Å². The molecule has 0 N–H and O–H groups in total. The maximum atomic E-state index is 12.9. The number of aryl methyl sites for hydroxylation is 2. The molecule has 2 aliphatic rings. The molecule has 2 aromatic rings. The number of nitrogens with zero attached hydrogens (tertiary/aromatic N) is 3.